The summed E-state index contributed by atoms with van der Waals surface area (Å²) in [4.78, 5) is 32.8. The lowest BCUT2D eigenvalue weighted by Crippen LogP contribution is -2.57. The van der Waals surface area contributed by atoms with Crippen LogP contribution < -0.4 is 11.2 Å². The first-order chi connectivity index (χ1) is 16.4. The molecule has 0 amide bonds. The first-order valence-corrected chi connectivity index (χ1v) is 15.1. The number of benzene rings is 1. The molecule has 0 saturated carbocycles. The van der Waals surface area contributed by atoms with E-state index in [0.29, 0.717) is 19.6 Å². The first-order valence-electron chi connectivity index (χ1n) is 12.2. The Balaban J connectivity index is 1.66. The minimum atomic E-state index is -2.11. The molecule has 10 heteroatoms. The average molecular weight is 504 g/mol. The second-order valence-corrected chi connectivity index (χ2v) is 15.6. The van der Waals surface area contributed by atoms with E-state index in [1.165, 1.54) is 16.8 Å². The molecule has 9 nitrogen and oxygen atoms in total. The normalized spacial score (nSPS) is 28.3. The third-order valence-corrected chi connectivity index (χ3v) is 11.8. The number of aromatic amines is 1. The fraction of sp³-hybridized carbons (Fsp3) is 0.600. The molecular formula is C25H37N3O6Si. The zero-order chi connectivity index (χ0) is 25.4. The molecule has 0 bridgehead atoms. The Morgan fingerprint density at radius 3 is 2.51 bits per heavy atom. The highest BCUT2D eigenvalue weighted by Gasteiger charge is 2.49. The van der Waals surface area contributed by atoms with Crippen LogP contribution in [0.1, 0.15) is 45.9 Å². The van der Waals surface area contributed by atoms with Crippen molar-refractivity contribution in [3.8, 4) is 0 Å². The van der Waals surface area contributed by atoms with E-state index in [1.54, 1.807) is 0 Å². The lowest BCUT2D eigenvalue weighted by atomic mass is 10.0. The Kier molecular flexibility index (Phi) is 7.51. The van der Waals surface area contributed by atoms with Crippen LogP contribution in [-0.4, -0.2) is 54.1 Å². The maximum Gasteiger partial charge on any atom is 0.330 e. The van der Waals surface area contributed by atoms with Gasteiger partial charge >= 0.3 is 5.69 Å². The molecule has 35 heavy (non-hydrogen) atoms. The quantitative estimate of drug-likeness (QED) is 0.604. The first kappa shape index (κ1) is 26.0. The van der Waals surface area contributed by atoms with E-state index in [1.807, 2.05) is 42.3 Å². The second kappa shape index (κ2) is 10.1. The van der Waals surface area contributed by atoms with E-state index in [9.17, 15) is 9.59 Å². The number of hydrogen-bond donors (Lipinski definition) is 1. The Hall–Kier alpha value is -2.08. The molecule has 0 aliphatic carbocycles. The van der Waals surface area contributed by atoms with Crippen molar-refractivity contribution in [1.29, 1.82) is 0 Å². The topological polar surface area (TPSA) is 95.0 Å². The predicted molar refractivity (Wildman–Crippen MR) is 134 cm³/mol. The van der Waals surface area contributed by atoms with Crippen molar-refractivity contribution in [3.63, 3.8) is 0 Å². The van der Waals surface area contributed by atoms with Crippen molar-refractivity contribution in [2.75, 3.05) is 6.61 Å². The van der Waals surface area contributed by atoms with Crippen LogP contribution >= 0.6 is 0 Å². The molecule has 2 aliphatic heterocycles. The molecule has 3 heterocycles. The van der Waals surface area contributed by atoms with Gasteiger partial charge in [-0.1, -0.05) is 51.1 Å². The molecule has 5 atom stereocenters. The van der Waals surface area contributed by atoms with Gasteiger partial charge in [0.1, 0.15) is 6.10 Å². The lowest BCUT2D eigenvalue weighted by Gasteiger charge is -2.45. The van der Waals surface area contributed by atoms with Gasteiger partial charge in [0.25, 0.3) is 5.56 Å². The maximum atomic E-state index is 12.5. The highest BCUT2D eigenvalue weighted by Crippen LogP contribution is 2.41. The van der Waals surface area contributed by atoms with E-state index in [2.05, 4.69) is 38.8 Å². The highest BCUT2D eigenvalue weighted by atomic mass is 28.4. The molecule has 1 N–H and O–H groups in total. The SMILES string of the molecule is C[C@@H]1OC[C@@H](O[Si](C)(C)C(C)(C)C)[C@H]([C@@H]2C[C@H](n3ccc(=O)[nH]c3=O)ON2Cc2ccccc2)O1. The second-order valence-electron chi connectivity index (χ2n) is 10.9. The molecule has 2 aromatic rings. The van der Waals surface area contributed by atoms with Gasteiger partial charge in [-0.15, -0.1) is 0 Å². The highest BCUT2D eigenvalue weighted by molar-refractivity contribution is 6.74. The van der Waals surface area contributed by atoms with Crippen LogP contribution in [0.4, 0.5) is 0 Å². The lowest BCUT2D eigenvalue weighted by molar-refractivity contribution is -0.274. The van der Waals surface area contributed by atoms with Gasteiger partial charge in [0, 0.05) is 25.2 Å². The van der Waals surface area contributed by atoms with Gasteiger partial charge in [0.05, 0.1) is 18.8 Å². The van der Waals surface area contributed by atoms with Crippen molar-refractivity contribution in [2.45, 2.75) is 89.6 Å². The summed E-state index contributed by atoms with van der Waals surface area (Å²) in [6.45, 7) is 13.9. The molecule has 0 spiro atoms. The molecule has 4 rings (SSSR count). The van der Waals surface area contributed by atoms with Crippen LogP contribution in [-0.2, 0) is 25.3 Å². The molecule has 2 fully saturated rings. The fourth-order valence-electron chi connectivity index (χ4n) is 4.30. The monoisotopic (exact) mass is 503 g/mol. The maximum absolute atomic E-state index is 12.5. The van der Waals surface area contributed by atoms with Crippen molar-refractivity contribution in [1.82, 2.24) is 14.6 Å². The third kappa shape index (κ3) is 5.84. The van der Waals surface area contributed by atoms with Crippen LogP contribution in [0.3, 0.4) is 0 Å². The van der Waals surface area contributed by atoms with Gasteiger partial charge in [0.2, 0.25) is 0 Å². The Morgan fingerprint density at radius 1 is 1.14 bits per heavy atom. The summed E-state index contributed by atoms with van der Waals surface area (Å²) in [5.41, 5.74) is 0.137. The number of nitrogens with zero attached hydrogens (tertiary/aromatic N) is 2. The van der Waals surface area contributed by atoms with Crippen LogP contribution in [0, 0.1) is 0 Å². The van der Waals surface area contributed by atoms with Crippen molar-refractivity contribution in [2.24, 2.45) is 0 Å². The zero-order valence-corrected chi connectivity index (χ0v) is 22.4. The van der Waals surface area contributed by atoms with Crippen molar-refractivity contribution < 1.29 is 18.7 Å². The molecule has 192 valence electrons. The van der Waals surface area contributed by atoms with E-state index >= 15 is 0 Å². The fourth-order valence-corrected chi connectivity index (χ4v) is 5.62. The standard InChI is InChI=1S/C25H37N3O6Si/c1-17-31-16-20(34-35(5,6)25(2,3)4)23(32-17)19-14-22(27-13-12-21(29)26-24(27)30)33-28(19)15-18-10-8-7-9-11-18/h7-13,17,19-20,22-23H,14-16H2,1-6H3,(H,26,29,30)/t17-,19+,20-,22-,23+/m1/s1. The van der Waals surface area contributed by atoms with Crippen molar-refractivity contribution in [3.05, 3.63) is 69.0 Å². The summed E-state index contributed by atoms with van der Waals surface area (Å²) < 4.78 is 20.4. The largest absolute Gasteiger partial charge is 0.409 e. The minimum absolute atomic E-state index is 0.0300. The van der Waals surface area contributed by atoms with E-state index in [-0.39, 0.29) is 29.6 Å². The van der Waals surface area contributed by atoms with E-state index in [4.69, 9.17) is 18.7 Å². The van der Waals surface area contributed by atoms with Crippen LogP contribution in [0.2, 0.25) is 18.1 Å². The number of rotatable bonds is 6. The summed E-state index contributed by atoms with van der Waals surface area (Å²) in [7, 11) is -2.11. The molecule has 1 aromatic heterocycles. The molecule has 2 saturated heterocycles. The van der Waals surface area contributed by atoms with Gasteiger partial charge in [-0.25, -0.2) is 4.79 Å². The summed E-state index contributed by atoms with van der Waals surface area (Å²) in [5, 5.41) is 1.92. The van der Waals surface area contributed by atoms with Gasteiger partial charge in [-0.05, 0) is 30.6 Å². The van der Waals surface area contributed by atoms with Crippen LogP contribution in [0.5, 0.6) is 0 Å². The van der Waals surface area contributed by atoms with Gasteiger partial charge in [0.15, 0.2) is 20.8 Å². The van der Waals surface area contributed by atoms with Gasteiger partial charge in [-0.3, -0.25) is 19.2 Å². The number of hydrogen-bond acceptors (Lipinski definition) is 7. The smallest absolute Gasteiger partial charge is 0.330 e. The number of ether oxygens (including phenoxy) is 2. The summed E-state index contributed by atoms with van der Waals surface area (Å²) >= 11 is 0. The summed E-state index contributed by atoms with van der Waals surface area (Å²) in [6.07, 6.45) is 0.417. The van der Waals surface area contributed by atoms with Gasteiger partial charge < -0.3 is 13.9 Å². The zero-order valence-electron chi connectivity index (χ0n) is 21.4. The van der Waals surface area contributed by atoms with E-state index < -0.39 is 25.8 Å². The Bertz CT molecular complexity index is 1110. The number of aromatic nitrogens is 2. The third-order valence-electron chi connectivity index (χ3n) is 7.25. The van der Waals surface area contributed by atoms with Crippen molar-refractivity contribution >= 4 is 8.32 Å². The predicted octanol–water partition coefficient (Wildman–Crippen LogP) is 3.39. The number of nitrogens with one attached hydrogen (secondary N) is 1. The van der Waals surface area contributed by atoms with E-state index in [0.717, 1.165) is 5.56 Å². The number of H-pyrrole nitrogens is 1. The minimum Gasteiger partial charge on any atom is -0.409 e. The van der Waals surface area contributed by atoms with Crippen LogP contribution in [0.25, 0.3) is 0 Å². The Morgan fingerprint density at radius 2 is 1.86 bits per heavy atom. The summed E-state index contributed by atoms with van der Waals surface area (Å²) in [6, 6.07) is 11.2. The summed E-state index contributed by atoms with van der Waals surface area (Å²) in [5.74, 6) is 0. The molecule has 0 unspecified atom stereocenters. The Labute approximate surface area is 207 Å². The van der Waals surface area contributed by atoms with Crippen LogP contribution in [0.15, 0.2) is 52.2 Å². The molecule has 0 radical (unpaired) electrons. The number of hydroxylamine groups is 2. The average Bonchev–Trinajstić information content (AvgIpc) is 3.18. The molecular weight excluding hydrogens is 466 g/mol. The molecule has 2 aliphatic rings. The van der Waals surface area contributed by atoms with Gasteiger partial charge in [-0.2, -0.15) is 5.06 Å². The molecule has 1 aromatic carbocycles.